The minimum absolute atomic E-state index is 0.208. The molecular weight excluding hydrogens is 274 g/mol. The van der Waals surface area contributed by atoms with Crippen LogP contribution >= 0.6 is 11.8 Å². The zero-order valence-electron chi connectivity index (χ0n) is 13.2. The Morgan fingerprint density at radius 3 is 2.10 bits per heavy atom. The minimum Gasteiger partial charge on any atom is -0.330 e. The van der Waals surface area contributed by atoms with E-state index in [1.54, 1.807) is 0 Å². The molecule has 0 saturated carbocycles. The van der Waals surface area contributed by atoms with Crippen molar-refractivity contribution < 1.29 is 0 Å². The third kappa shape index (κ3) is 4.62. The van der Waals surface area contributed by atoms with E-state index in [-0.39, 0.29) is 5.41 Å². The van der Waals surface area contributed by atoms with Crippen LogP contribution in [0.4, 0.5) is 0 Å². The van der Waals surface area contributed by atoms with Crippen molar-refractivity contribution in [3.05, 3.63) is 65.7 Å². The smallest absolute Gasteiger partial charge is 0.0356 e. The van der Waals surface area contributed by atoms with Gasteiger partial charge < -0.3 is 5.73 Å². The summed E-state index contributed by atoms with van der Waals surface area (Å²) in [7, 11) is 0. The SMILES string of the molecule is CC(C)(C)c1ccc(SC(CCN)c2ccccc2)cc1. The Morgan fingerprint density at radius 1 is 0.952 bits per heavy atom. The molecule has 0 aliphatic heterocycles. The van der Waals surface area contributed by atoms with Gasteiger partial charge in [-0.2, -0.15) is 0 Å². The lowest BCUT2D eigenvalue weighted by atomic mass is 9.87. The van der Waals surface area contributed by atoms with Crippen LogP contribution in [0, 0.1) is 0 Å². The van der Waals surface area contributed by atoms with Gasteiger partial charge in [-0.1, -0.05) is 63.2 Å². The maximum Gasteiger partial charge on any atom is 0.0356 e. The van der Waals surface area contributed by atoms with Crippen LogP contribution < -0.4 is 5.73 Å². The molecule has 0 radical (unpaired) electrons. The topological polar surface area (TPSA) is 26.0 Å². The van der Waals surface area contributed by atoms with Crippen LogP contribution in [-0.2, 0) is 5.41 Å². The van der Waals surface area contributed by atoms with Crippen LogP contribution in [0.15, 0.2) is 59.5 Å². The molecule has 0 heterocycles. The second-order valence-electron chi connectivity index (χ2n) is 6.37. The summed E-state index contributed by atoms with van der Waals surface area (Å²) in [5.74, 6) is 0. The van der Waals surface area contributed by atoms with Gasteiger partial charge in [0.25, 0.3) is 0 Å². The number of hydrogen-bond acceptors (Lipinski definition) is 2. The molecule has 0 spiro atoms. The molecule has 112 valence electrons. The van der Waals surface area contributed by atoms with Crippen LogP contribution in [0.2, 0.25) is 0 Å². The van der Waals surface area contributed by atoms with Gasteiger partial charge in [0.15, 0.2) is 0 Å². The van der Waals surface area contributed by atoms with E-state index in [1.165, 1.54) is 16.0 Å². The van der Waals surface area contributed by atoms with E-state index in [0.717, 1.165) is 6.42 Å². The van der Waals surface area contributed by atoms with E-state index < -0.39 is 0 Å². The summed E-state index contributed by atoms with van der Waals surface area (Å²) in [6, 6.07) is 19.6. The summed E-state index contributed by atoms with van der Waals surface area (Å²) in [4.78, 5) is 1.31. The molecule has 0 saturated heterocycles. The van der Waals surface area contributed by atoms with Gasteiger partial charge in [0.1, 0.15) is 0 Å². The molecule has 0 aromatic heterocycles. The second kappa shape index (κ2) is 7.15. The molecule has 0 bridgehead atoms. The molecular formula is C19H25NS. The summed E-state index contributed by atoms with van der Waals surface area (Å²) >= 11 is 1.91. The molecule has 2 N–H and O–H groups in total. The summed E-state index contributed by atoms with van der Waals surface area (Å²) < 4.78 is 0. The van der Waals surface area contributed by atoms with E-state index in [9.17, 15) is 0 Å². The molecule has 1 unspecified atom stereocenters. The molecule has 0 fully saturated rings. The summed E-state index contributed by atoms with van der Waals surface area (Å²) in [5.41, 5.74) is 8.73. The van der Waals surface area contributed by atoms with Crippen LogP contribution in [0.3, 0.4) is 0 Å². The van der Waals surface area contributed by atoms with Crippen molar-refractivity contribution in [3.8, 4) is 0 Å². The average molecular weight is 299 g/mol. The van der Waals surface area contributed by atoms with E-state index in [1.807, 2.05) is 11.8 Å². The van der Waals surface area contributed by atoms with E-state index in [2.05, 4.69) is 75.4 Å². The third-order valence-corrected chi connectivity index (χ3v) is 4.94. The zero-order valence-corrected chi connectivity index (χ0v) is 14.0. The quantitative estimate of drug-likeness (QED) is 0.771. The molecule has 0 amide bonds. The Kier molecular flexibility index (Phi) is 5.49. The second-order valence-corrected chi connectivity index (χ2v) is 7.65. The average Bonchev–Trinajstić information content (AvgIpc) is 2.47. The van der Waals surface area contributed by atoms with Gasteiger partial charge in [0.05, 0.1) is 0 Å². The molecule has 0 aliphatic carbocycles. The van der Waals surface area contributed by atoms with Crippen molar-refractivity contribution in [2.75, 3.05) is 6.54 Å². The molecule has 2 aromatic carbocycles. The maximum atomic E-state index is 5.79. The highest BCUT2D eigenvalue weighted by molar-refractivity contribution is 7.99. The number of nitrogens with two attached hydrogens (primary N) is 1. The van der Waals surface area contributed by atoms with Crippen molar-refractivity contribution in [3.63, 3.8) is 0 Å². The van der Waals surface area contributed by atoms with Gasteiger partial charge in [0.2, 0.25) is 0 Å². The molecule has 2 aromatic rings. The van der Waals surface area contributed by atoms with E-state index in [0.29, 0.717) is 11.8 Å². The number of benzene rings is 2. The normalized spacial score (nSPS) is 13.1. The largest absolute Gasteiger partial charge is 0.330 e. The predicted octanol–water partition coefficient (Wildman–Crippen LogP) is 5.17. The lowest BCUT2D eigenvalue weighted by molar-refractivity contribution is 0.589. The number of hydrogen-bond donors (Lipinski definition) is 1. The van der Waals surface area contributed by atoms with Gasteiger partial charge in [-0.3, -0.25) is 0 Å². The van der Waals surface area contributed by atoms with Crippen LogP contribution in [0.5, 0.6) is 0 Å². The first-order chi connectivity index (χ1) is 10.0. The minimum atomic E-state index is 0.208. The monoisotopic (exact) mass is 299 g/mol. The highest BCUT2D eigenvalue weighted by atomic mass is 32.2. The Bertz CT molecular complexity index is 540. The number of thioether (sulfide) groups is 1. The molecule has 0 aliphatic rings. The highest BCUT2D eigenvalue weighted by Crippen LogP contribution is 2.38. The van der Waals surface area contributed by atoms with Crippen molar-refractivity contribution in [1.82, 2.24) is 0 Å². The standard InChI is InChI=1S/C19H25NS/c1-19(2,3)16-9-11-17(12-10-16)21-18(13-14-20)15-7-5-4-6-8-15/h4-12,18H,13-14,20H2,1-3H3. The van der Waals surface area contributed by atoms with Gasteiger partial charge in [-0.15, -0.1) is 11.8 Å². The Morgan fingerprint density at radius 2 is 1.57 bits per heavy atom. The predicted molar refractivity (Wildman–Crippen MR) is 93.9 cm³/mol. The molecule has 2 rings (SSSR count). The zero-order chi connectivity index (χ0) is 15.3. The van der Waals surface area contributed by atoms with Gasteiger partial charge in [0, 0.05) is 10.1 Å². The first-order valence-electron chi connectivity index (χ1n) is 7.53. The molecule has 21 heavy (non-hydrogen) atoms. The van der Waals surface area contributed by atoms with E-state index >= 15 is 0 Å². The lowest BCUT2D eigenvalue weighted by Gasteiger charge is -2.20. The van der Waals surface area contributed by atoms with Crippen LogP contribution in [-0.4, -0.2) is 6.54 Å². The van der Waals surface area contributed by atoms with Crippen molar-refractivity contribution >= 4 is 11.8 Å². The first kappa shape index (κ1) is 16.1. The Balaban J connectivity index is 2.14. The molecule has 1 atom stereocenters. The fourth-order valence-electron chi connectivity index (χ4n) is 2.31. The summed E-state index contributed by atoms with van der Waals surface area (Å²) in [6.45, 7) is 7.45. The Labute approximate surface area is 133 Å². The first-order valence-corrected chi connectivity index (χ1v) is 8.41. The van der Waals surface area contributed by atoms with Crippen molar-refractivity contribution in [2.45, 2.75) is 42.8 Å². The molecule has 1 nitrogen and oxygen atoms in total. The summed E-state index contributed by atoms with van der Waals surface area (Å²) in [5, 5.41) is 0.427. The fraction of sp³-hybridized carbons (Fsp3) is 0.368. The molecule has 2 heteroatoms. The van der Waals surface area contributed by atoms with Crippen molar-refractivity contribution in [1.29, 1.82) is 0 Å². The number of rotatable bonds is 5. The van der Waals surface area contributed by atoms with E-state index in [4.69, 9.17) is 5.73 Å². The van der Waals surface area contributed by atoms with Gasteiger partial charge >= 0.3 is 0 Å². The highest BCUT2D eigenvalue weighted by Gasteiger charge is 2.15. The lowest BCUT2D eigenvalue weighted by Crippen LogP contribution is -2.10. The van der Waals surface area contributed by atoms with Crippen LogP contribution in [0.25, 0.3) is 0 Å². The van der Waals surface area contributed by atoms with Gasteiger partial charge in [-0.05, 0) is 41.6 Å². The fourth-order valence-corrected chi connectivity index (χ4v) is 3.48. The van der Waals surface area contributed by atoms with Crippen LogP contribution in [0.1, 0.15) is 43.6 Å². The van der Waals surface area contributed by atoms with Gasteiger partial charge in [-0.25, -0.2) is 0 Å². The Hall–Kier alpha value is -1.25. The van der Waals surface area contributed by atoms with Crippen molar-refractivity contribution in [2.24, 2.45) is 5.73 Å². The summed E-state index contributed by atoms with van der Waals surface area (Å²) in [6.07, 6.45) is 0.996. The third-order valence-electron chi connectivity index (χ3n) is 3.60. The maximum absolute atomic E-state index is 5.79.